The number of aryl methyl sites for hydroxylation is 1. The standard InChI is InChI=1S/C18H21ClN4O2.2ClH/c1-12-4-6-23(11-13-3-2-5-20-8-13)18(25)16(12)17(24)22-15-7-14(19)9-21-10-15;;/h4,6-7,9-10,13,20H,2-3,5,8,11H2,1H3,(H,22,24);2*1H. The SMILES string of the molecule is Cc1ccn(CC2CCCNC2)c(=O)c1C(=O)Nc1cncc(Cl)c1.Cl.Cl. The highest BCUT2D eigenvalue weighted by Crippen LogP contribution is 2.15. The van der Waals surface area contributed by atoms with Gasteiger partial charge in [0.25, 0.3) is 11.5 Å². The number of pyridine rings is 2. The molecule has 0 saturated carbocycles. The van der Waals surface area contributed by atoms with Gasteiger partial charge in [-0.2, -0.15) is 0 Å². The highest BCUT2D eigenvalue weighted by atomic mass is 35.5. The number of carbonyl (C=O) groups is 1. The molecule has 0 aromatic carbocycles. The van der Waals surface area contributed by atoms with Crippen molar-refractivity contribution in [3.8, 4) is 0 Å². The maximum atomic E-state index is 12.8. The van der Waals surface area contributed by atoms with Crippen molar-refractivity contribution < 1.29 is 4.79 Å². The number of rotatable bonds is 4. The highest BCUT2D eigenvalue weighted by molar-refractivity contribution is 6.30. The zero-order valence-electron chi connectivity index (χ0n) is 14.9. The second-order valence-electron chi connectivity index (χ2n) is 6.39. The summed E-state index contributed by atoms with van der Waals surface area (Å²) in [5, 5.41) is 6.47. The van der Waals surface area contributed by atoms with Crippen LogP contribution in [0.5, 0.6) is 0 Å². The van der Waals surface area contributed by atoms with Gasteiger partial charge in [0.05, 0.1) is 16.9 Å². The molecule has 0 spiro atoms. The Bertz CT molecular complexity index is 836. The normalized spacial score (nSPS) is 16.0. The van der Waals surface area contributed by atoms with E-state index in [0.717, 1.165) is 25.9 Å². The fraction of sp³-hybridized carbons (Fsp3) is 0.389. The van der Waals surface area contributed by atoms with Crippen molar-refractivity contribution in [1.29, 1.82) is 0 Å². The van der Waals surface area contributed by atoms with Gasteiger partial charge < -0.3 is 15.2 Å². The van der Waals surface area contributed by atoms with Gasteiger partial charge in [-0.3, -0.25) is 14.6 Å². The zero-order chi connectivity index (χ0) is 17.8. The van der Waals surface area contributed by atoms with Crippen molar-refractivity contribution >= 4 is 48.0 Å². The van der Waals surface area contributed by atoms with Crippen LogP contribution in [-0.2, 0) is 6.54 Å². The molecule has 1 aliphatic rings. The molecule has 2 N–H and O–H groups in total. The molecule has 0 bridgehead atoms. The van der Waals surface area contributed by atoms with E-state index in [4.69, 9.17) is 11.6 Å². The smallest absolute Gasteiger partial charge is 0.263 e. The molecule has 3 heterocycles. The van der Waals surface area contributed by atoms with Gasteiger partial charge in [-0.1, -0.05) is 11.6 Å². The minimum atomic E-state index is -0.442. The third-order valence-corrected chi connectivity index (χ3v) is 4.62. The van der Waals surface area contributed by atoms with Crippen molar-refractivity contribution in [2.24, 2.45) is 5.92 Å². The molecule has 3 rings (SSSR count). The third-order valence-electron chi connectivity index (χ3n) is 4.42. The number of hydrogen-bond donors (Lipinski definition) is 2. The number of carbonyl (C=O) groups excluding carboxylic acids is 1. The lowest BCUT2D eigenvalue weighted by atomic mass is 9.99. The number of nitrogens with one attached hydrogen (secondary N) is 2. The van der Waals surface area contributed by atoms with Gasteiger partial charge in [0.15, 0.2) is 0 Å². The minimum absolute atomic E-state index is 0. The van der Waals surface area contributed by atoms with Crippen LogP contribution in [0.2, 0.25) is 5.02 Å². The van der Waals surface area contributed by atoms with Gasteiger partial charge in [0, 0.05) is 18.9 Å². The number of halogens is 3. The van der Waals surface area contributed by atoms with Crippen LogP contribution in [-0.4, -0.2) is 28.5 Å². The van der Waals surface area contributed by atoms with E-state index in [1.54, 1.807) is 23.8 Å². The molecule has 0 aliphatic carbocycles. The van der Waals surface area contributed by atoms with Crippen molar-refractivity contribution in [3.05, 3.63) is 57.2 Å². The Balaban J connectivity index is 0.00000182. The molecule has 2 aromatic rings. The molecular weight excluding hydrogens is 411 g/mol. The first-order valence-electron chi connectivity index (χ1n) is 8.37. The fourth-order valence-electron chi connectivity index (χ4n) is 3.12. The molecule has 2 aromatic heterocycles. The molecule has 9 heteroatoms. The summed E-state index contributed by atoms with van der Waals surface area (Å²) in [6.07, 6.45) is 6.94. The summed E-state index contributed by atoms with van der Waals surface area (Å²) in [5.74, 6) is -0.0371. The predicted molar refractivity (Wildman–Crippen MR) is 113 cm³/mol. The van der Waals surface area contributed by atoms with Crippen LogP contribution in [0.15, 0.2) is 35.5 Å². The second-order valence-corrected chi connectivity index (χ2v) is 6.83. The monoisotopic (exact) mass is 432 g/mol. The van der Waals surface area contributed by atoms with Crippen molar-refractivity contribution in [3.63, 3.8) is 0 Å². The highest BCUT2D eigenvalue weighted by Gasteiger charge is 2.19. The molecule has 1 atom stereocenters. The molecule has 148 valence electrons. The molecule has 0 radical (unpaired) electrons. The molecule has 1 aliphatic heterocycles. The average Bonchev–Trinajstić information content (AvgIpc) is 2.58. The molecule has 1 saturated heterocycles. The fourth-order valence-corrected chi connectivity index (χ4v) is 3.29. The Hall–Kier alpha value is -1.60. The van der Waals surface area contributed by atoms with E-state index in [1.165, 1.54) is 12.4 Å². The quantitative estimate of drug-likeness (QED) is 0.776. The van der Waals surface area contributed by atoms with E-state index < -0.39 is 5.91 Å². The maximum absolute atomic E-state index is 12.8. The number of nitrogens with zero attached hydrogens (tertiary/aromatic N) is 2. The lowest BCUT2D eigenvalue weighted by Crippen LogP contribution is -2.36. The summed E-state index contributed by atoms with van der Waals surface area (Å²) in [4.78, 5) is 29.3. The van der Waals surface area contributed by atoms with Crippen LogP contribution >= 0.6 is 36.4 Å². The molecule has 1 amide bonds. The van der Waals surface area contributed by atoms with E-state index in [0.29, 0.717) is 28.7 Å². The molecular formula is C18H23Cl3N4O2. The first kappa shape index (κ1) is 23.4. The van der Waals surface area contributed by atoms with Gasteiger partial charge >= 0.3 is 0 Å². The van der Waals surface area contributed by atoms with Crippen LogP contribution in [0.4, 0.5) is 5.69 Å². The Morgan fingerprint density at radius 1 is 1.41 bits per heavy atom. The van der Waals surface area contributed by atoms with Crippen molar-refractivity contribution in [1.82, 2.24) is 14.9 Å². The summed E-state index contributed by atoms with van der Waals surface area (Å²) in [6.45, 7) is 4.31. The Morgan fingerprint density at radius 3 is 2.85 bits per heavy atom. The number of piperidine rings is 1. The third kappa shape index (κ3) is 5.94. The van der Waals surface area contributed by atoms with Crippen LogP contribution in [0, 0.1) is 12.8 Å². The van der Waals surface area contributed by atoms with Crippen molar-refractivity contribution in [2.45, 2.75) is 26.3 Å². The van der Waals surface area contributed by atoms with E-state index in [1.807, 2.05) is 6.07 Å². The molecule has 6 nitrogen and oxygen atoms in total. The minimum Gasteiger partial charge on any atom is -0.320 e. The Morgan fingerprint density at radius 2 is 2.19 bits per heavy atom. The molecule has 1 fully saturated rings. The first-order chi connectivity index (χ1) is 12.0. The summed E-state index contributed by atoms with van der Waals surface area (Å²) in [6, 6.07) is 3.40. The largest absolute Gasteiger partial charge is 0.320 e. The van der Waals surface area contributed by atoms with Gasteiger partial charge in [0.1, 0.15) is 5.56 Å². The molecule has 27 heavy (non-hydrogen) atoms. The Kier molecular flexibility index (Phi) is 9.26. The lowest BCUT2D eigenvalue weighted by Gasteiger charge is -2.23. The van der Waals surface area contributed by atoms with Gasteiger partial charge in [-0.05, 0) is 56.5 Å². The van der Waals surface area contributed by atoms with E-state index in [2.05, 4.69) is 15.6 Å². The maximum Gasteiger partial charge on any atom is 0.263 e. The van der Waals surface area contributed by atoms with E-state index in [-0.39, 0.29) is 35.9 Å². The zero-order valence-corrected chi connectivity index (χ0v) is 17.3. The van der Waals surface area contributed by atoms with E-state index in [9.17, 15) is 9.59 Å². The second kappa shape index (κ2) is 10.7. The number of hydrogen-bond acceptors (Lipinski definition) is 4. The van der Waals surface area contributed by atoms with E-state index >= 15 is 0 Å². The summed E-state index contributed by atoms with van der Waals surface area (Å²) < 4.78 is 1.63. The first-order valence-corrected chi connectivity index (χ1v) is 8.75. The summed E-state index contributed by atoms with van der Waals surface area (Å²) in [5.41, 5.74) is 1.00. The topological polar surface area (TPSA) is 76.0 Å². The summed E-state index contributed by atoms with van der Waals surface area (Å²) >= 11 is 5.88. The van der Waals surface area contributed by atoms with Crippen LogP contribution in [0.25, 0.3) is 0 Å². The van der Waals surface area contributed by atoms with Crippen LogP contribution < -0.4 is 16.2 Å². The van der Waals surface area contributed by atoms with Gasteiger partial charge in [-0.25, -0.2) is 0 Å². The average molecular weight is 434 g/mol. The van der Waals surface area contributed by atoms with Crippen molar-refractivity contribution in [2.75, 3.05) is 18.4 Å². The number of anilines is 1. The number of aromatic nitrogens is 2. The Labute approximate surface area is 175 Å². The van der Waals surface area contributed by atoms with Gasteiger partial charge in [-0.15, -0.1) is 24.8 Å². The predicted octanol–water partition coefficient (Wildman–Crippen LogP) is 3.30. The lowest BCUT2D eigenvalue weighted by molar-refractivity contribution is 0.102. The summed E-state index contributed by atoms with van der Waals surface area (Å²) in [7, 11) is 0. The van der Waals surface area contributed by atoms with Crippen LogP contribution in [0.3, 0.4) is 0 Å². The van der Waals surface area contributed by atoms with Crippen LogP contribution in [0.1, 0.15) is 28.8 Å². The molecule has 1 unspecified atom stereocenters. The van der Waals surface area contributed by atoms with Gasteiger partial charge in [0.2, 0.25) is 0 Å². The number of amides is 1.